The minimum absolute atomic E-state index is 0.123. The van der Waals surface area contributed by atoms with Crippen molar-refractivity contribution in [2.75, 3.05) is 19.7 Å². The van der Waals surface area contributed by atoms with Gasteiger partial charge >= 0.3 is 6.09 Å². The Morgan fingerprint density at radius 1 is 0.938 bits per heavy atom. The predicted octanol–water partition coefficient (Wildman–Crippen LogP) is 3.58. The maximum atomic E-state index is 11.7. The molecular weight excluding hydrogens is 202 g/mol. The number of nitrogens with zero attached hydrogens (tertiary/aromatic N) is 1. The average molecular weight is 227 g/mol. The van der Waals surface area contributed by atoms with E-state index in [1.807, 2.05) is 11.8 Å². The third-order valence-electron chi connectivity index (χ3n) is 3.13. The van der Waals surface area contributed by atoms with E-state index in [1.165, 1.54) is 38.5 Å². The molecule has 0 spiro atoms. The highest BCUT2D eigenvalue weighted by Crippen LogP contribution is 2.12. The van der Waals surface area contributed by atoms with Crippen LogP contribution in [0.1, 0.15) is 58.3 Å². The fraction of sp³-hybridized carbons (Fsp3) is 0.923. The zero-order valence-electron chi connectivity index (χ0n) is 10.5. The van der Waals surface area contributed by atoms with Gasteiger partial charge in [0.05, 0.1) is 6.61 Å². The highest BCUT2D eigenvalue weighted by Gasteiger charge is 2.13. The summed E-state index contributed by atoms with van der Waals surface area (Å²) in [5.74, 6) is 0. The molecule has 3 nitrogen and oxygen atoms in total. The molecule has 0 aromatic carbocycles. The van der Waals surface area contributed by atoms with Gasteiger partial charge in [0.15, 0.2) is 0 Å². The van der Waals surface area contributed by atoms with Gasteiger partial charge < -0.3 is 9.64 Å². The minimum Gasteiger partial charge on any atom is -0.450 e. The molecule has 0 bridgehead atoms. The van der Waals surface area contributed by atoms with Crippen molar-refractivity contribution in [3.05, 3.63) is 0 Å². The van der Waals surface area contributed by atoms with Crippen LogP contribution >= 0.6 is 0 Å². The Labute approximate surface area is 99.1 Å². The maximum absolute atomic E-state index is 11.7. The molecule has 0 unspecified atom stereocenters. The molecule has 0 aliphatic carbocycles. The summed E-state index contributed by atoms with van der Waals surface area (Å²) in [5, 5.41) is 0. The summed E-state index contributed by atoms with van der Waals surface area (Å²) in [6.45, 7) is 4.09. The van der Waals surface area contributed by atoms with Gasteiger partial charge in [0, 0.05) is 13.1 Å². The van der Waals surface area contributed by atoms with Crippen molar-refractivity contribution >= 4 is 6.09 Å². The molecule has 1 aliphatic rings. The molecule has 0 atom stereocenters. The summed E-state index contributed by atoms with van der Waals surface area (Å²) in [6, 6.07) is 0. The molecule has 0 aromatic heterocycles. The van der Waals surface area contributed by atoms with Crippen LogP contribution in [0, 0.1) is 0 Å². The van der Waals surface area contributed by atoms with E-state index in [1.54, 1.807) is 0 Å². The van der Waals surface area contributed by atoms with Crippen LogP contribution in [0.3, 0.4) is 0 Å². The number of carbonyl (C=O) groups excluding carboxylic acids is 1. The predicted molar refractivity (Wildman–Crippen MR) is 65.5 cm³/mol. The van der Waals surface area contributed by atoms with Gasteiger partial charge in [-0.05, 0) is 19.8 Å². The largest absolute Gasteiger partial charge is 0.450 e. The smallest absolute Gasteiger partial charge is 0.409 e. The summed E-state index contributed by atoms with van der Waals surface area (Å²) in [7, 11) is 0. The number of hydrogen-bond donors (Lipinski definition) is 0. The quantitative estimate of drug-likeness (QED) is 0.685. The second-order valence-electron chi connectivity index (χ2n) is 4.51. The maximum Gasteiger partial charge on any atom is 0.409 e. The highest BCUT2D eigenvalue weighted by atomic mass is 16.6. The molecule has 1 fully saturated rings. The fourth-order valence-electron chi connectivity index (χ4n) is 2.18. The Hall–Kier alpha value is -0.730. The van der Waals surface area contributed by atoms with Gasteiger partial charge in [-0.1, -0.05) is 38.5 Å². The van der Waals surface area contributed by atoms with Crippen LogP contribution < -0.4 is 0 Å². The summed E-state index contributed by atoms with van der Waals surface area (Å²) in [4.78, 5) is 13.5. The van der Waals surface area contributed by atoms with E-state index in [4.69, 9.17) is 4.74 Å². The molecule has 16 heavy (non-hydrogen) atoms. The van der Waals surface area contributed by atoms with Crippen molar-refractivity contribution in [3.8, 4) is 0 Å². The monoisotopic (exact) mass is 227 g/mol. The van der Waals surface area contributed by atoms with E-state index < -0.39 is 0 Å². The Morgan fingerprint density at radius 2 is 1.38 bits per heavy atom. The zero-order chi connectivity index (χ0) is 11.6. The summed E-state index contributed by atoms with van der Waals surface area (Å²) in [6.07, 6.45) is 9.97. The lowest BCUT2D eigenvalue weighted by Gasteiger charge is -2.21. The molecule has 94 valence electrons. The molecule has 0 aromatic rings. The molecule has 1 amide bonds. The van der Waals surface area contributed by atoms with Crippen molar-refractivity contribution in [3.63, 3.8) is 0 Å². The van der Waals surface area contributed by atoms with E-state index in [9.17, 15) is 4.79 Å². The lowest BCUT2D eigenvalue weighted by Crippen LogP contribution is -2.33. The summed E-state index contributed by atoms with van der Waals surface area (Å²) in [5.41, 5.74) is 0. The minimum atomic E-state index is -0.123. The Balaban J connectivity index is 2.35. The topological polar surface area (TPSA) is 29.5 Å². The highest BCUT2D eigenvalue weighted by molar-refractivity contribution is 5.67. The van der Waals surface area contributed by atoms with Crippen LogP contribution in [0.2, 0.25) is 0 Å². The standard InChI is InChI=1S/C13H25NO2/c1-2-16-13(15)14-11-9-7-5-3-4-6-8-10-12-14/h2-12H2,1H3. The first-order valence-electron chi connectivity index (χ1n) is 6.76. The molecule has 1 rings (SSSR count). The van der Waals surface area contributed by atoms with Crippen LogP contribution in [0.25, 0.3) is 0 Å². The molecular formula is C13H25NO2. The number of hydrogen-bond acceptors (Lipinski definition) is 2. The van der Waals surface area contributed by atoms with Crippen LogP contribution in [0.5, 0.6) is 0 Å². The first kappa shape index (κ1) is 13.3. The van der Waals surface area contributed by atoms with Gasteiger partial charge in [-0.2, -0.15) is 0 Å². The van der Waals surface area contributed by atoms with Crippen LogP contribution in [-0.2, 0) is 4.74 Å². The second kappa shape index (κ2) is 8.43. The summed E-state index contributed by atoms with van der Waals surface area (Å²) >= 11 is 0. The normalized spacial score (nSPS) is 19.9. The van der Waals surface area contributed by atoms with E-state index in [0.717, 1.165) is 25.9 Å². The van der Waals surface area contributed by atoms with Gasteiger partial charge in [0.2, 0.25) is 0 Å². The van der Waals surface area contributed by atoms with Crippen molar-refractivity contribution in [2.24, 2.45) is 0 Å². The molecule has 1 saturated heterocycles. The first-order chi connectivity index (χ1) is 7.84. The zero-order valence-corrected chi connectivity index (χ0v) is 10.5. The molecule has 1 heterocycles. The third-order valence-corrected chi connectivity index (χ3v) is 3.13. The Morgan fingerprint density at radius 3 is 1.81 bits per heavy atom. The van der Waals surface area contributed by atoms with Crippen molar-refractivity contribution in [1.82, 2.24) is 4.90 Å². The van der Waals surface area contributed by atoms with Gasteiger partial charge in [-0.3, -0.25) is 0 Å². The lowest BCUT2D eigenvalue weighted by atomic mass is 10.1. The second-order valence-corrected chi connectivity index (χ2v) is 4.51. The number of ether oxygens (including phenoxy) is 1. The van der Waals surface area contributed by atoms with Crippen LogP contribution in [0.4, 0.5) is 4.79 Å². The number of amides is 1. The van der Waals surface area contributed by atoms with Gasteiger partial charge in [-0.25, -0.2) is 4.79 Å². The first-order valence-corrected chi connectivity index (χ1v) is 6.76. The van der Waals surface area contributed by atoms with Crippen molar-refractivity contribution in [1.29, 1.82) is 0 Å². The van der Waals surface area contributed by atoms with Gasteiger partial charge in [-0.15, -0.1) is 0 Å². The Kier molecular flexibility index (Phi) is 7.02. The SMILES string of the molecule is CCOC(=O)N1CCCCCCCCCC1. The Bertz CT molecular complexity index is 182. The van der Waals surface area contributed by atoms with E-state index in [2.05, 4.69) is 0 Å². The average Bonchev–Trinajstić information content (AvgIpc) is 2.34. The van der Waals surface area contributed by atoms with Crippen molar-refractivity contribution in [2.45, 2.75) is 58.3 Å². The summed E-state index contributed by atoms with van der Waals surface area (Å²) < 4.78 is 5.07. The van der Waals surface area contributed by atoms with Crippen LogP contribution in [0.15, 0.2) is 0 Å². The molecule has 0 saturated carbocycles. The fourth-order valence-corrected chi connectivity index (χ4v) is 2.18. The van der Waals surface area contributed by atoms with E-state index in [-0.39, 0.29) is 6.09 Å². The molecule has 1 aliphatic heterocycles. The van der Waals surface area contributed by atoms with Crippen LogP contribution in [-0.4, -0.2) is 30.7 Å². The van der Waals surface area contributed by atoms with Gasteiger partial charge in [0.25, 0.3) is 0 Å². The molecule has 0 N–H and O–H groups in total. The molecule has 0 radical (unpaired) electrons. The van der Waals surface area contributed by atoms with Crippen molar-refractivity contribution < 1.29 is 9.53 Å². The lowest BCUT2D eigenvalue weighted by molar-refractivity contribution is 0.106. The number of rotatable bonds is 1. The molecule has 3 heteroatoms. The third kappa shape index (κ3) is 5.38. The number of carbonyl (C=O) groups is 1. The van der Waals surface area contributed by atoms with E-state index in [0.29, 0.717) is 6.61 Å². The van der Waals surface area contributed by atoms with Gasteiger partial charge in [0.1, 0.15) is 0 Å². The van der Waals surface area contributed by atoms with E-state index >= 15 is 0 Å².